The Bertz CT molecular complexity index is 906. The SMILES string of the molecule is C[C@@H](NC(=O)COC(=O)c1ccccc1COc1ccccc1)c1ccco1. The Labute approximate surface area is 163 Å². The number of carbonyl (C=O) groups excluding carboxylic acids is 2. The molecule has 1 atom stereocenters. The average Bonchev–Trinajstić information content (AvgIpc) is 3.26. The number of hydrogen-bond acceptors (Lipinski definition) is 5. The molecule has 6 nitrogen and oxygen atoms in total. The van der Waals surface area contributed by atoms with E-state index < -0.39 is 11.9 Å². The van der Waals surface area contributed by atoms with Crippen LogP contribution in [0, 0.1) is 0 Å². The Morgan fingerprint density at radius 3 is 2.50 bits per heavy atom. The van der Waals surface area contributed by atoms with Gasteiger partial charge >= 0.3 is 5.97 Å². The van der Waals surface area contributed by atoms with Crippen molar-refractivity contribution in [2.45, 2.75) is 19.6 Å². The van der Waals surface area contributed by atoms with Gasteiger partial charge in [0.1, 0.15) is 18.1 Å². The van der Waals surface area contributed by atoms with Crippen molar-refractivity contribution in [3.8, 4) is 5.75 Å². The summed E-state index contributed by atoms with van der Waals surface area (Å²) in [5, 5.41) is 2.72. The van der Waals surface area contributed by atoms with Crippen molar-refractivity contribution in [1.29, 1.82) is 0 Å². The van der Waals surface area contributed by atoms with E-state index in [-0.39, 0.29) is 19.3 Å². The number of ether oxygens (including phenoxy) is 2. The normalized spacial score (nSPS) is 11.5. The average molecular weight is 379 g/mol. The Balaban J connectivity index is 1.54. The van der Waals surface area contributed by atoms with Crippen molar-refractivity contribution in [3.63, 3.8) is 0 Å². The topological polar surface area (TPSA) is 77.8 Å². The van der Waals surface area contributed by atoms with Gasteiger partial charge < -0.3 is 19.2 Å². The van der Waals surface area contributed by atoms with Gasteiger partial charge in [0.2, 0.25) is 0 Å². The first-order valence-corrected chi connectivity index (χ1v) is 8.89. The highest BCUT2D eigenvalue weighted by Gasteiger charge is 2.16. The zero-order valence-electron chi connectivity index (χ0n) is 15.5. The van der Waals surface area contributed by atoms with Crippen molar-refractivity contribution in [3.05, 3.63) is 89.9 Å². The lowest BCUT2D eigenvalue weighted by atomic mass is 10.1. The van der Waals surface area contributed by atoms with Gasteiger partial charge in [0.15, 0.2) is 6.61 Å². The maximum absolute atomic E-state index is 12.4. The number of rotatable bonds is 8. The predicted molar refractivity (Wildman–Crippen MR) is 103 cm³/mol. The lowest BCUT2D eigenvalue weighted by Crippen LogP contribution is -2.31. The highest BCUT2D eigenvalue weighted by Crippen LogP contribution is 2.16. The standard InChI is InChI=1S/C22H21NO5/c1-16(20-12-7-13-26-20)23-21(24)15-28-22(25)19-11-6-5-8-17(19)14-27-18-9-3-2-4-10-18/h2-13,16H,14-15H2,1H3,(H,23,24)/t16-/m1/s1. The van der Waals surface area contributed by atoms with E-state index in [9.17, 15) is 9.59 Å². The molecule has 1 aromatic heterocycles. The highest BCUT2D eigenvalue weighted by atomic mass is 16.5. The molecule has 0 saturated carbocycles. The number of para-hydroxylation sites is 1. The van der Waals surface area contributed by atoms with Gasteiger partial charge in [0.25, 0.3) is 5.91 Å². The molecule has 0 radical (unpaired) electrons. The summed E-state index contributed by atoms with van der Waals surface area (Å²) in [6, 6.07) is 19.5. The lowest BCUT2D eigenvalue weighted by Gasteiger charge is -2.13. The van der Waals surface area contributed by atoms with Crippen LogP contribution in [0.1, 0.15) is 34.6 Å². The summed E-state index contributed by atoms with van der Waals surface area (Å²) < 4.78 is 16.1. The molecule has 1 heterocycles. The van der Waals surface area contributed by atoms with E-state index >= 15 is 0 Å². The summed E-state index contributed by atoms with van der Waals surface area (Å²) in [6.45, 7) is 1.63. The summed E-state index contributed by atoms with van der Waals surface area (Å²) in [6.07, 6.45) is 1.53. The van der Waals surface area contributed by atoms with Crippen LogP contribution >= 0.6 is 0 Å². The molecule has 3 rings (SSSR count). The molecule has 1 amide bonds. The number of nitrogens with one attached hydrogen (secondary N) is 1. The third kappa shape index (κ3) is 5.23. The first kappa shape index (κ1) is 19.2. The maximum atomic E-state index is 12.4. The monoisotopic (exact) mass is 379 g/mol. The number of esters is 1. The summed E-state index contributed by atoms with van der Waals surface area (Å²) in [7, 11) is 0. The Morgan fingerprint density at radius 1 is 1.00 bits per heavy atom. The molecule has 0 saturated heterocycles. The number of carbonyl (C=O) groups is 2. The number of benzene rings is 2. The van der Waals surface area contributed by atoms with E-state index in [1.807, 2.05) is 36.4 Å². The van der Waals surface area contributed by atoms with Gasteiger partial charge in [-0.1, -0.05) is 36.4 Å². The van der Waals surface area contributed by atoms with Gasteiger partial charge in [-0.05, 0) is 37.3 Å². The smallest absolute Gasteiger partial charge is 0.339 e. The van der Waals surface area contributed by atoms with Crippen LogP contribution in [0.15, 0.2) is 77.4 Å². The van der Waals surface area contributed by atoms with Crippen LogP contribution in [0.3, 0.4) is 0 Å². The quantitative estimate of drug-likeness (QED) is 0.601. The molecule has 6 heteroatoms. The van der Waals surface area contributed by atoms with E-state index in [0.717, 1.165) is 0 Å². The summed E-state index contributed by atoms with van der Waals surface area (Å²) in [5.41, 5.74) is 1.05. The second-order valence-electron chi connectivity index (χ2n) is 6.14. The van der Waals surface area contributed by atoms with Gasteiger partial charge in [-0.3, -0.25) is 4.79 Å². The molecular formula is C22H21NO5. The number of amides is 1. The minimum Gasteiger partial charge on any atom is -0.489 e. The second-order valence-corrected chi connectivity index (χ2v) is 6.14. The highest BCUT2D eigenvalue weighted by molar-refractivity contribution is 5.92. The van der Waals surface area contributed by atoms with Crippen LogP contribution in [0.5, 0.6) is 5.75 Å². The predicted octanol–water partition coefficient (Wildman–Crippen LogP) is 3.89. The Morgan fingerprint density at radius 2 is 1.75 bits per heavy atom. The fraction of sp³-hybridized carbons (Fsp3) is 0.182. The van der Waals surface area contributed by atoms with Crippen LogP contribution in [0.25, 0.3) is 0 Å². The summed E-state index contributed by atoms with van der Waals surface area (Å²) in [4.78, 5) is 24.4. The van der Waals surface area contributed by atoms with Crippen LogP contribution in [0.2, 0.25) is 0 Å². The Hall–Kier alpha value is -3.54. The summed E-state index contributed by atoms with van der Waals surface area (Å²) in [5.74, 6) is 0.350. The molecular weight excluding hydrogens is 358 g/mol. The zero-order valence-corrected chi connectivity index (χ0v) is 15.5. The van der Waals surface area contributed by atoms with Crippen molar-refractivity contribution >= 4 is 11.9 Å². The second kappa shape index (κ2) is 9.41. The maximum Gasteiger partial charge on any atom is 0.339 e. The molecule has 0 unspecified atom stereocenters. The molecule has 0 aliphatic carbocycles. The lowest BCUT2D eigenvalue weighted by molar-refractivity contribution is -0.125. The van der Waals surface area contributed by atoms with Crippen LogP contribution in [-0.2, 0) is 16.1 Å². The van der Waals surface area contributed by atoms with E-state index in [4.69, 9.17) is 13.9 Å². The third-order valence-corrected chi connectivity index (χ3v) is 4.06. The molecule has 0 fully saturated rings. The van der Waals surface area contributed by atoms with Gasteiger partial charge in [-0.25, -0.2) is 4.79 Å². The minimum absolute atomic E-state index is 0.219. The molecule has 0 aliphatic heterocycles. The van der Waals surface area contributed by atoms with Crippen LogP contribution < -0.4 is 10.1 Å². The van der Waals surface area contributed by atoms with Gasteiger partial charge in [-0.2, -0.15) is 0 Å². The van der Waals surface area contributed by atoms with Crippen LogP contribution in [-0.4, -0.2) is 18.5 Å². The molecule has 0 bridgehead atoms. The molecule has 144 valence electrons. The van der Waals surface area contributed by atoms with E-state index in [0.29, 0.717) is 22.6 Å². The van der Waals surface area contributed by atoms with Gasteiger partial charge in [-0.15, -0.1) is 0 Å². The van der Waals surface area contributed by atoms with Crippen molar-refractivity contribution in [2.24, 2.45) is 0 Å². The molecule has 28 heavy (non-hydrogen) atoms. The first-order chi connectivity index (χ1) is 13.6. The minimum atomic E-state index is -0.576. The molecule has 1 N–H and O–H groups in total. The van der Waals surface area contributed by atoms with E-state index in [1.54, 1.807) is 37.3 Å². The van der Waals surface area contributed by atoms with Crippen molar-refractivity contribution < 1.29 is 23.5 Å². The largest absolute Gasteiger partial charge is 0.489 e. The number of furan rings is 1. The fourth-order valence-corrected chi connectivity index (χ4v) is 2.62. The van der Waals surface area contributed by atoms with E-state index in [1.165, 1.54) is 6.26 Å². The summed E-state index contributed by atoms with van der Waals surface area (Å²) >= 11 is 0. The third-order valence-electron chi connectivity index (χ3n) is 4.06. The van der Waals surface area contributed by atoms with Gasteiger partial charge in [0, 0.05) is 5.56 Å². The Kier molecular flexibility index (Phi) is 6.46. The molecule has 3 aromatic rings. The van der Waals surface area contributed by atoms with Crippen molar-refractivity contribution in [1.82, 2.24) is 5.32 Å². The molecule has 2 aromatic carbocycles. The molecule has 0 aliphatic rings. The van der Waals surface area contributed by atoms with Crippen LogP contribution in [0.4, 0.5) is 0 Å². The first-order valence-electron chi connectivity index (χ1n) is 8.89. The number of hydrogen-bond donors (Lipinski definition) is 1. The molecule has 0 spiro atoms. The zero-order chi connectivity index (χ0) is 19.8. The van der Waals surface area contributed by atoms with Crippen molar-refractivity contribution in [2.75, 3.05) is 6.61 Å². The van der Waals surface area contributed by atoms with Gasteiger partial charge in [0.05, 0.1) is 17.9 Å². The van der Waals surface area contributed by atoms with E-state index in [2.05, 4.69) is 5.32 Å². The fourth-order valence-electron chi connectivity index (χ4n) is 2.62.